The minimum Gasteiger partial charge on any atom is -1.00 e. The molecule has 0 saturated heterocycles. The van der Waals surface area contributed by atoms with Crippen molar-refractivity contribution >= 4 is 27.4 Å². The van der Waals surface area contributed by atoms with Gasteiger partial charge in [-0.05, 0) is 66.6 Å². The fourth-order valence-electron chi connectivity index (χ4n) is 3.40. The SMILES string of the molecule is O=C(O)c1cc(S(=O)(=O)c2ccc(CCNC[C@@H](O)c3cccc(Cl)c3)cc2)ccc1OCCO.[H-].[Na+]. The third kappa shape index (κ3) is 8.03. The summed E-state index contributed by atoms with van der Waals surface area (Å²) in [6.07, 6.45) is -0.0832. The monoisotopic (exact) mass is 543 g/mol. The molecule has 0 aliphatic rings. The first-order valence-electron chi connectivity index (χ1n) is 10.8. The molecular formula is C25H27ClNNaO7S. The fraction of sp³-hybridized carbons (Fsp3) is 0.240. The van der Waals surface area contributed by atoms with E-state index in [-0.39, 0.29) is 65.3 Å². The Kier molecular flexibility index (Phi) is 11.9. The number of aromatic carboxylic acids is 1. The third-order valence-electron chi connectivity index (χ3n) is 5.24. The number of carboxylic acid groups (broad SMARTS) is 1. The molecule has 0 saturated carbocycles. The van der Waals surface area contributed by atoms with Gasteiger partial charge in [-0.3, -0.25) is 0 Å². The van der Waals surface area contributed by atoms with Gasteiger partial charge in [0.05, 0.1) is 22.5 Å². The van der Waals surface area contributed by atoms with Gasteiger partial charge >= 0.3 is 35.5 Å². The Labute approximate surface area is 238 Å². The number of halogens is 1. The van der Waals surface area contributed by atoms with E-state index in [1.165, 1.54) is 24.3 Å². The van der Waals surface area contributed by atoms with Crippen LogP contribution in [-0.2, 0) is 16.3 Å². The largest absolute Gasteiger partial charge is 1.00 e. The van der Waals surface area contributed by atoms with E-state index in [4.69, 9.17) is 21.4 Å². The molecule has 0 spiro atoms. The molecule has 0 aromatic heterocycles. The summed E-state index contributed by atoms with van der Waals surface area (Å²) in [7, 11) is -3.95. The molecule has 3 aromatic rings. The second kappa shape index (κ2) is 14.1. The molecule has 0 aliphatic heterocycles. The number of aliphatic hydroxyl groups is 2. The van der Waals surface area contributed by atoms with Crippen LogP contribution in [0.15, 0.2) is 76.5 Å². The van der Waals surface area contributed by atoms with E-state index >= 15 is 0 Å². The second-order valence-electron chi connectivity index (χ2n) is 7.71. The summed E-state index contributed by atoms with van der Waals surface area (Å²) in [5.41, 5.74) is 1.31. The second-order valence-corrected chi connectivity index (χ2v) is 10.1. The Morgan fingerprint density at radius 1 is 1.06 bits per heavy atom. The maximum Gasteiger partial charge on any atom is 1.00 e. The standard InChI is InChI=1S/C25H26ClNO7S.Na.H/c26-19-3-1-2-18(14-19)23(29)16-27-11-10-17-4-6-20(7-5-17)35(32,33)21-8-9-24(34-13-12-28)22(15-21)25(30)31;;/h1-9,14-15,23,27-29H,10-13,16H2,(H,30,31);;/q;+1;-1/t23-;;/m1../s1. The molecule has 0 fully saturated rings. The normalized spacial score (nSPS) is 12.0. The summed E-state index contributed by atoms with van der Waals surface area (Å²) >= 11 is 5.95. The van der Waals surface area contributed by atoms with Crippen LogP contribution in [0, 0.1) is 0 Å². The molecule has 4 N–H and O–H groups in total. The zero-order chi connectivity index (χ0) is 25.4. The smallest absolute Gasteiger partial charge is 1.00 e. The van der Waals surface area contributed by atoms with Gasteiger partial charge in [0, 0.05) is 11.6 Å². The van der Waals surface area contributed by atoms with Crippen molar-refractivity contribution in [3.05, 3.63) is 88.4 Å². The molecular weight excluding hydrogens is 517 g/mol. The van der Waals surface area contributed by atoms with Crippen molar-refractivity contribution in [3.63, 3.8) is 0 Å². The number of nitrogens with one attached hydrogen (secondary N) is 1. The van der Waals surface area contributed by atoms with Gasteiger partial charge in [0.1, 0.15) is 17.9 Å². The molecule has 0 amide bonds. The van der Waals surface area contributed by atoms with E-state index in [0.29, 0.717) is 24.5 Å². The number of rotatable bonds is 12. The molecule has 11 heteroatoms. The zero-order valence-electron chi connectivity index (χ0n) is 20.7. The molecule has 3 aromatic carbocycles. The molecule has 8 nitrogen and oxygen atoms in total. The molecule has 0 unspecified atom stereocenters. The van der Waals surface area contributed by atoms with Gasteiger partial charge in [0.25, 0.3) is 0 Å². The van der Waals surface area contributed by atoms with Crippen LogP contribution in [0.1, 0.15) is 29.0 Å². The van der Waals surface area contributed by atoms with Crippen molar-refractivity contribution in [2.75, 3.05) is 26.3 Å². The van der Waals surface area contributed by atoms with Gasteiger partial charge < -0.3 is 26.8 Å². The summed E-state index contributed by atoms with van der Waals surface area (Å²) in [5, 5.41) is 32.3. The number of sulfone groups is 1. The van der Waals surface area contributed by atoms with Crippen LogP contribution >= 0.6 is 11.6 Å². The number of benzene rings is 3. The quantitative estimate of drug-likeness (QED) is 0.188. The Morgan fingerprint density at radius 2 is 1.75 bits per heavy atom. The first kappa shape index (κ1) is 30.3. The van der Waals surface area contributed by atoms with Crippen LogP contribution in [0.3, 0.4) is 0 Å². The van der Waals surface area contributed by atoms with Gasteiger partial charge in [0.2, 0.25) is 9.84 Å². The molecule has 0 aliphatic carbocycles. The molecule has 0 heterocycles. The zero-order valence-corrected chi connectivity index (χ0v) is 23.3. The molecule has 0 bridgehead atoms. The summed E-state index contributed by atoms with van der Waals surface area (Å²) in [4.78, 5) is 11.4. The van der Waals surface area contributed by atoms with Gasteiger partial charge in [-0.15, -0.1) is 0 Å². The predicted octanol–water partition coefficient (Wildman–Crippen LogP) is 0.224. The van der Waals surface area contributed by atoms with Crippen molar-refractivity contribution in [2.24, 2.45) is 0 Å². The average molecular weight is 544 g/mol. The number of carbonyl (C=O) groups is 1. The van der Waals surface area contributed by atoms with Gasteiger partial charge in [-0.2, -0.15) is 0 Å². The Bertz CT molecular complexity index is 1280. The van der Waals surface area contributed by atoms with Gasteiger partial charge in [-0.1, -0.05) is 35.9 Å². The van der Waals surface area contributed by atoms with E-state index in [9.17, 15) is 23.4 Å². The van der Waals surface area contributed by atoms with E-state index in [0.717, 1.165) is 17.2 Å². The topological polar surface area (TPSA) is 133 Å². The average Bonchev–Trinajstić information content (AvgIpc) is 2.85. The first-order valence-corrected chi connectivity index (χ1v) is 12.7. The van der Waals surface area contributed by atoms with Crippen LogP contribution in [-0.4, -0.2) is 56.0 Å². The summed E-state index contributed by atoms with van der Waals surface area (Å²) in [6.45, 7) is 0.503. The van der Waals surface area contributed by atoms with E-state index in [1.807, 2.05) is 0 Å². The van der Waals surface area contributed by atoms with Crippen LogP contribution in [0.2, 0.25) is 5.02 Å². The Hall–Kier alpha value is -1.95. The molecule has 3 rings (SSSR count). The van der Waals surface area contributed by atoms with Crippen LogP contribution in [0.4, 0.5) is 0 Å². The van der Waals surface area contributed by atoms with Crippen LogP contribution in [0.5, 0.6) is 5.75 Å². The van der Waals surface area contributed by atoms with Gasteiger partial charge in [-0.25, -0.2) is 13.2 Å². The van der Waals surface area contributed by atoms with Crippen molar-refractivity contribution in [1.29, 1.82) is 0 Å². The van der Waals surface area contributed by atoms with Gasteiger partial charge in [0.15, 0.2) is 0 Å². The van der Waals surface area contributed by atoms with Crippen LogP contribution in [0.25, 0.3) is 0 Å². The molecule has 188 valence electrons. The number of ether oxygens (including phenoxy) is 1. The Balaban J connectivity index is 0.00000342. The minimum absolute atomic E-state index is 0. The van der Waals surface area contributed by atoms with Crippen molar-refractivity contribution in [2.45, 2.75) is 22.3 Å². The minimum atomic E-state index is -3.95. The number of aliphatic hydroxyl groups excluding tert-OH is 2. The number of hydrogen-bond acceptors (Lipinski definition) is 7. The predicted molar refractivity (Wildman–Crippen MR) is 132 cm³/mol. The Morgan fingerprint density at radius 3 is 2.39 bits per heavy atom. The molecule has 36 heavy (non-hydrogen) atoms. The molecule has 1 atom stereocenters. The van der Waals surface area contributed by atoms with Crippen molar-refractivity contribution < 1.29 is 64.3 Å². The summed E-state index contributed by atoms with van der Waals surface area (Å²) in [5.74, 6) is -1.35. The summed E-state index contributed by atoms with van der Waals surface area (Å²) in [6, 6.07) is 17.0. The van der Waals surface area contributed by atoms with E-state index in [2.05, 4.69) is 5.32 Å². The fourth-order valence-corrected chi connectivity index (χ4v) is 4.88. The third-order valence-corrected chi connectivity index (χ3v) is 7.24. The number of carboxylic acids is 1. The first-order chi connectivity index (χ1) is 16.7. The van der Waals surface area contributed by atoms with E-state index in [1.54, 1.807) is 36.4 Å². The molecule has 0 radical (unpaired) electrons. The summed E-state index contributed by atoms with van der Waals surface area (Å²) < 4.78 is 31.2. The maximum atomic E-state index is 13.0. The number of hydrogen-bond donors (Lipinski definition) is 4. The maximum absolute atomic E-state index is 13.0. The van der Waals surface area contributed by atoms with Crippen LogP contribution < -0.4 is 39.6 Å². The van der Waals surface area contributed by atoms with Crippen molar-refractivity contribution in [1.82, 2.24) is 5.32 Å². The van der Waals surface area contributed by atoms with Crippen molar-refractivity contribution in [3.8, 4) is 5.75 Å². The van der Waals surface area contributed by atoms with E-state index < -0.39 is 21.9 Å².